The second-order valence-corrected chi connectivity index (χ2v) is 10.3. The molecule has 0 saturated heterocycles. The average molecular weight is 443 g/mol. The summed E-state index contributed by atoms with van der Waals surface area (Å²) in [6.45, 7) is 5.94. The Balaban J connectivity index is 1.73. The van der Waals surface area contributed by atoms with Gasteiger partial charge in [-0.25, -0.2) is 4.79 Å². The Labute approximate surface area is 186 Å². The molecule has 0 spiro atoms. The lowest BCUT2D eigenvalue weighted by Gasteiger charge is -2.24. The zero-order valence-electron chi connectivity index (χ0n) is 18.7. The molecule has 6 heteroatoms. The van der Waals surface area contributed by atoms with Crippen molar-refractivity contribution in [2.45, 2.75) is 102 Å². The van der Waals surface area contributed by atoms with Gasteiger partial charge >= 0.3 is 5.97 Å². The fourth-order valence-corrected chi connectivity index (χ4v) is 4.95. The smallest absolute Gasteiger partial charge is 0.332 e. The lowest BCUT2D eigenvalue weighted by atomic mass is 9.84. The van der Waals surface area contributed by atoms with Gasteiger partial charge in [-0.2, -0.15) is 0 Å². The molecule has 2 N–H and O–H groups in total. The van der Waals surface area contributed by atoms with Crippen molar-refractivity contribution in [1.29, 1.82) is 0 Å². The molecule has 2 saturated carbocycles. The molecule has 5 nitrogen and oxygen atoms in total. The molecule has 0 aromatic rings. The summed E-state index contributed by atoms with van der Waals surface area (Å²) in [7, 11) is 0. The van der Waals surface area contributed by atoms with Crippen molar-refractivity contribution in [1.82, 2.24) is 0 Å². The molecule has 0 bridgehead atoms. The first-order chi connectivity index (χ1) is 14.2. The monoisotopic (exact) mass is 442 g/mol. The molecule has 0 amide bonds. The standard InChI is InChI=1S/C24H39ClO5/c1-24(2,3)30-23(28)16-29-14-8-7-11-18-19(22(27)15-20(18)25)12-13-21(26)17-9-5-4-6-10-17/h17-22,26-27H,4-11,14-16H2,1-3H3/t18-,19-,20-,21-,22-/m1/s1. The number of hydrogen-bond acceptors (Lipinski definition) is 5. The van der Waals surface area contributed by atoms with Gasteiger partial charge in [0.1, 0.15) is 18.3 Å². The van der Waals surface area contributed by atoms with Gasteiger partial charge in [0.05, 0.1) is 12.0 Å². The summed E-state index contributed by atoms with van der Waals surface area (Å²) in [6, 6.07) is 0. The van der Waals surface area contributed by atoms with Crippen LogP contribution in [-0.4, -0.2) is 52.6 Å². The fraction of sp³-hybridized carbons (Fsp3) is 0.875. The molecule has 30 heavy (non-hydrogen) atoms. The van der Waals surface area contributed by atoms with E-state index in [0.717, 1.165) is 44.9 Å². The van der Waals surface area contributed by atoms with Crippen molar-refractivity contribution in [2.24, 2.45) is 17.8 Å². The maximum Gasteiger partial charge on any atom is 0.332 e. The number of rotatable bonds is 8. The normalized spacial score (nSPS) is 28.6. The third-order valence-corrected chi connectivity index (χ3v) is 6.52. The predicted octanol–water partition coefficient (Wildman–Crippen LogP) is 4.06. The summed E-state index contributed by atoms with van der Waals surface area (Å²) in [4.78, 5) is 11.6. The van der Waals surface area contributed by atoms with E-state index < -0.39 is 17.8 Å². The number of halogens is 1. The van der Waals surface area contributed by atoms with Crippen molar-refractivity contribution in [2.75, 3.05) is 13.2 Å². The highest BCUT2D eigenvalue weighted by Gasteiger charge is 2.40. The zero-order chi connectivity index (χ0) is 22.1. The maximum absolute atomic E-state index is 11.6. The number of aliphatic hydroxyl groups excluding tert-OH is 2. The van der Waals surface area contributed by atoms with Crippen LogP contribution in [0.2, 0.25) is 0 Å². The number of unbranched alkanes of at least 4 members (excludes halogenated alkanes) is 1. The number of esters is 1. The SMILES string of the molecule is CC(C)(C)OC(=O)COCCCC[C@@H]1[C@@H](C#C[C@@H](O)C2CCCCC2)[C@H](O)C[C@H]1Cl. The van der Waals surface area contributed by atoms with E-state index in [2.05, 4.69) is 11.8 Å². The lowest BCUT2D eigenvalue weighted by molar-refractivity contribution is -0.160. The highest BCUT2D eigenvalue weighted by molar-refractivity contribution is 6.21. The number of carbonyl (C=O) groups excluding carboxylic acids is 1. The van der Waals surface area contributed by atoms with Crippen molar-refractivity contribution in [3.63, 3.8) is 0 Å². The molecule has 0 aromatic carbocycles. The molecule has 2 aliphatic carbocycles. The Morgan fingerprint density at radius 1 is 1.20 bits per heavy atom. The van der Waals surface area contributed by atoms with Gasteiger partial charge in [-0.3, -0.25) is 0 Å². The van der Waals surface area contributed by atoms with Crippen LogP contribution < -0.4 is 0 Å². The Hall–Kier alpha value is -0.800. The third-order valence-electron chi connectivity index (χ3n) is 6.02. The van der Waals surface area contributed by atoms with Crippen molar-refractivity contribution >= 4 is 17.6 Å². The highest BCUT2D eigenvalue weighted by Crippen LogP contribution is 2.39. The largest absolute Gasteiger partial charge is 0.458 e. The van der Waals surface area contributed by atoms with E-state index >= 15 is 0 Å². The van der Waals surface area contributed by atoms with Gasteiger partial charge in [-0.1, -0.05) is 37.5 Å². The Morgan fingerprint density at radius 3 is 2.57 bits per heavy atom. The minimum Gasteiger partial charge on any atom is -0.458 e. The van der Waals surface area contributed by atoms with Gasteiger partial charge in [0.15, 0.2) is 0 Å². The van der Waals surface area contributed by atoms with Crippen molar-refractivity contribution < 1.29 is 24.5 Å². The Bertz CT molecular complexity index is 585. The van der Waals surface area contributed by atoms with Crippen molar-refractivity contribution in [3.05, 3.63) is 0 Å². The lowest BCUT2D eigenvalue weighted by Crippen LogP contribution is -2.26. The van der Waals surface area contributed by atoms with Crippen molar-refractivity contribution in [3.8, 4) is 11.8 Å². The van der Waals surface area contributed by atoms with Gasteiger partial charge in [-0.05, 0) is 64.7 Å². The maximum atomic E-state index is 11.6. The first-order valence-electron chi connectivity index (χ1n) is 11.5. The number of ether oxygens (including phenoxy) is 2. The molecule has 2 fully saturated rings. The summed E-state index contributed by atoms with van der Waals surface area (Å²) >= 11 is 6.49. The van der Waals surface area contributed by atoms with Gasteiger partial charge < -0.3 is 19.7 Å². The van der Waals surface area contributed by atoms with E-state index in [1.54, 1.807) is 0 Å². The van der Waals surface area contributed by atoms with E-state index in [0.29, 0.717) is 13.0 Å². The zero-order valence-corrected chi connectivity index (χ0v) is 19.5. The molecule has 172 valence electrons. The summed E-state index contributed by atoms with van der Waals surface area (Å²) < 4.78 is 10.6. The minimum atomic E-state index is -0.603. The Morgan fingerprint density at radius 2 is 1.90 bits per heavy atom. The second kappa shape index (κ2) is 12.3. The van der Waals surface area contributed by atoms with Crippen LogP contribution in [0, 0.1) is 29.6 Å². The first-order valence-corrected chi connectivity index (χ1v) is 11.9. The summed E-state index contributed by atoms with van der Waals surface area (Å²) in [5.74, 6) is 6.03. The predicted molar refractivity (Wildman–Crippen MR) is 118 cm³/mol. The molecule has 0 aromatic heterocycles. The van der Waals surface area contributed by atoms with Gasteiger partial charge in [0.2, 0.25) is 0 Å². The van der Waals surface area contributed by atoms with Crippen LogP contribution in [0.3, 0.4) is 0 Å². The van der Waals surface area contributed by atoms with Gasteiger partial charge in [0.25, 0.3) is 0 Å². The van der Waals surface area contributed by atoms with Crippen LogP contribution in [0.5, 0.6) is 0 Å². The fourth-order valence-electron chi connectivity index (χ4n) is 4.49. The van der Waals surface area contributed by atoms with Gasteiger partial charge in [-0.15, -0.1) is 11.6 Å². The van der Waals surface area contributed by atoms with Gasteiger partial charge in [0, 0.05) is 12.0 Å². The molecule has 0 heterocycles. The molecule has 2 rings (SSSR count). The van der Waals surface area contributed by atoms with E-state index in [9.17, 15) is 15.0 Å². The molecule has 0 aliphatic heterocycles. The molecule has 2 aliphatic rings. The molecule has 0 unspecified atom stereocenters. The first kappa shape index (κ1) is 25.5. The molecular formula is C24H39ClO5. The van der Waals surface area contributed by atoms with Crippen LogP contribution in [0.15, 0.2) is 0 Å². The summed E-state index contributed by atoms with van der Waals surface area (Å²) in [5, 5.41) is 20.7. The van der Waals surface area contributed by atoms with E-state index in [1.807, 2.05) is 20.8 Å². The Kier molecular flexibility index (Phi) is 10.4. The van der Waals surface area contributed by atoms with Crippen LogP contribution in [0.25, 0.3) is 0 Å². The van der Waals surface area contributed by atoms with Crippen LogP contribution >= 0.6 is 11.6 Å². The number of aliphatic hydroxyl groups is 2. The van der Waals surface area contributed by atoms with Crippen LogP contribution in [0.1, 0.15) is 78.6 Å². The second-order valence-electron chi connectivity index (χ2n) is 9.78. The molecule has 5 atom stereocenters. The van der Waals surface area contributed by atoms with Crippen LogP contribution in [-0.2, 0) is 14.3 Å². The molecular weight excluding hydrogens is 404 g/mol. The summed E-state index contributed by atoms with van der Waals surface area (Å²) in [5.41, 5.74) is -0.500. The van der Waals surface area contributed by atoms with E-state index in [1.165, 1.54) is 6.42 Å². The number of hydrogen-bond donors (Lipinski definition) is 2. The quantitative estimate of drug-likeness (QED) is 0.256. The third kappa shape index (κ3) is 8.75. The molecule has 0 radical (unpaired) electrons. The average Bonchev–Trinajstić information content (AvgIpc) is 2.94. The highest BCUT2D eigenvalue weighted by atomic mass is 35.5. The minimum absolute atomic E-state index is 0.0370. The van der Waals surface area contributed by atoms with E-state index in [-0.39, 0.29) is 35.7 Å². The van der Waals surface area contributed by atoms with Crippen LogP contribution in [0.4, 0.5) is 0 Å². The topological polar surface area (TPSA) is 76.0 Å². The van der Waals surface area contributed by atoms with E-state index in [4.69, 9.17) is 21.1 Å². The number of alkyl halides is 1. The summed E-state index contributed by atoms with van der Waals surface area (Å²) in [6.07, 6.45) is 7.59. The number of carbonyl (C=O) groups is 1.